The molecule has 1 aliphatic rings. The Morgan fingerprint density at radius 2 is 1.62 bits per heavy atom. The zero-order valence-electron chi connectivity index (χ0n) is 24.1. The molecule has 9 nitrogen and oxygen atoms in total. The van der Waals surface area contributed by atoms with Gasteiger partial charge in [0.05, 0.1) is 17.3 Å². The summed E-state index contributed by atoms with van der Waals surface area (Å²) >= 11 is 0. The summed E-state index contributed by atoms with van der Waals surface area (Å²) < 4.78 is 22.8. The molecule has 0 radical (unpaired) electrons. The lowest BCUT2D eigenvalue weighted by atomic mass is 9.98. The lowest BCUT2D eigenvalue weighted by Gasteiger charge is -2.22. The van der Waals surface area contributed by atoms with Crippen molar-refractivity contribution in [2.75, 3.05) is 6.61 Å². The molecule has 4 aromatic carbocycles. The van der Waals surface area contributed by atoms with Crippen LogP contribution < -0.4 is 20.7 Å². The first-order valence-corrected chi connectivity index (χ1v) is 14.3. The predicted octanol–water partition coefficient (Wildman–Crippen LogP) is 6.76. The third-order valence-electron chi connectivity index (χ3n) is 7.63. The van der Waals surface area contributed by atoms with Crippen LogP contribution >= 0.6 is 0 Å². The quantitative estimate of drug-likeness (QED) is 0.187. The number of amides is 1. The van der Waals surface area contributed by atoms with Crippen molar-refractivity contribution in [3.8, 4) is 17.2 Å². The first-order valence-electron chi connectivity index (χ1n) is 14.3. The van der Waals surface area contributed by atoms with Gasteiger partial charge in [-0.15, -0.1) is 0 Å². The summed E-state index contributed by atoms with van der Waals surface area (Å²) in [5.74, 6) is 1.20. The fraction of sp³-hybridized carbons (Fsp3) is 0.111. The van der Waals surface area contributed by atoms with Crippen LogP contribution in [-0.2, 0) is 4.79 Å². The largest absolute Gasteiger partial charge is 0.484 e. The fourth-order valence-electron chi connectivity index (χ4n) is 5.44. The maximum absolute atomic E-state index is 13.7. The van der Waals surface area contributed by atoms with Crippen LogP contribution in [0.1, 0.15) is 29.2 Å². The van der Waals surface area contributed by atoms with Crippen LogP contribution in [0, 0.1) is 6.92 Å². The highest BCUT2D eigenvalue weighted by molar-refractivity contribution is 6.04. The Bertz CT molecular complexity index is 2220. The Hall–Kier alpha value is -5.96. The highest BCUT2D eigenvalue weighted by Gasteiger charge is 2.35. The van der Waals surface area contributed by atoms with Gasteiger partial charge in [0.2, 0.25) is 0 Å². The van der Waals surface area contributed by atoms with Gasteiger partial charge in [-0.1, -0.05) is 48.5 Å². The number of nitrogens with zero attached hydrogens (tertiary/aromatic N) is 2. The van der Waals surface area contributed by atoms with Gasteiger partial charge in [0.25, 0.3) is 5.91 Å². The number of rotatable bonds is 7. The number of fused-ring (bicyclic) bond motifs is 2. The van der Waals surface area contributed by atoms with Crippen LogP contribution in [0.25, 0.3) is 21.9 Å². The monoisotopic (exact) mass is 598 g/mol. The van der Waals surface area contributed by atoms with Gasteiger partial charge in [0, 0.05) is 29.3 Å². The fourth-order valence-corrected chi connectivity index (χ4v) is 5.44. The first-order chi connectivity index (χ1) is 21.9. The molecule has 0 N–H and O–H groups in total. The molecule has 1 unspecified atom stereocenters. The molecule has 0 saturated heterocycles. The molecule has 3 heterocycles. The Balaban J connectivity index is 1.20. The summed E-state index contributed by atoms with van der Waals surface area (Å²) in [5, 5.41) is 7.51. The molecule has 0 fully saturated rings. The van der Waals surface area contributed by atoms with E-state index in [4.69, 9.17) is 18.3 Å². The predicted molar refractivity (Wildman–Crippen MR) is 169 cm³/mol. The van der Waals surface area contributed by atoms with Gasteiger partial charge < -0.3 is 18.3 Å². The minimum Gasteiger partial charge on any atom is -0.484 e. The van der Waals surface area contributed by atoms with Crippen LogP contribution in [0.5, 0.6) is 17.2 Å². The maximum atomic E-state index is 13.7. The summed E-state index contributed by atoms with van der Waals surface area (Å²) in [6.07, 6.45) is 0.268. The van der Waals surface area contributed by atoms with E-state index in [1.165, 1.54) is 11.1 Å². The van der Waals surface area contributed by atoms with E-state index in [0.717, 1.165) is 21.9 Å². The van der Waals surface area contributed by atoms with Crippen molar-refractivity contribution in [2.45, 2.75) is 19.4 Å². The average Bonchev–Trinajstić information content (AvgIpc) is 3.49. The van der Waals surface area contributed by atoms with E-state index in [2.05, 4.69) is 5.10 Å². The Kier molecular flexibility index (Phi) is 7.19. The Labute approximate surface area is 256 Å². The Morgan fingerprint density at radius 3 is 2.49 bits per heavy atom. The highest BCUT2D eigenvalue weighted by Crippen LogP contribution is 2.35. The van der Waals surface area contributed by atoms with Crippen LogP contribution in [0.2, 0.25) is 0 Å². The van der Waals surface area contributed by atoms with Gasteiger partial charge in [0.1, 0.15) is 28.4 Å². The van der Waals surface area contributed by atoms with Crippen molar-refractivity contribution in [3.63, 3.8) is 0 Å². The number of hydrogen-bond donors (Lipinski definition) is 0. The molecule has 0 bridgehead atoms. The van der Waals surface area contributed by atoms with E-state index in [0.29, 0.717) is 34.1 Å². The number of aryl methyl sites for hydroxylation is 1. The van der Waals surface area contributed by atoms with E-state index in [-0.39, 0.29) is 18.6 Å². The van der Waals surface area contributed by atoms with Gasteiger partial charge in [-0.2, -0.15) is 5.10 Å². The van der Waals surface area contributed by atoms with Crippen LogP contribution in [0.3, 0.4) is 0 Å². The number of ether oxygens (including phenoxy) is 2. The van der Waals surface area contributed by atoms with Crippen molar-refractivity contribution >= 4 is 33.6 Å². The standard InChI is InChI=1S/C36H26N2O7/c1-22-16-35(40)44-33-19-26(14-15-28(22)33)42-21-34(39)38-31(23-9-7-12-27(17-23)43-25-10-3-2-4-11-25)20-30(37-38)29-18-24-8-5-6-13-32(24)45-36(29)41/h2-19,31H,20-21H2,1H3. The van der Waals surface area contributed by atoms with Crippen molar-refractivity contribution < 1.29 is 23.1 Å². The first kappa shape index (κ1) is 27.8. The molecule has 45 heavy (non-hydrogen) atoms. The van der Waals surface area contributed by atoms with Gasteiger partial charge in [-0.25, -0.2) is 14.6 Å². The van der Waals surface area contributed by atoms with E-state index in [1.807, 2.05) is 73.7 Å². The van der Waals surface area contributed by atoms with Gasteiger partial charge in [-0.05, 0) is 66.6 Å². The molecule has 1 amide bonds. The number of hydrazone groups is 1. The number of hydrogen-bond acceptors (Lipinski definition) is 8. The topological polar surface area (TPSA) is 112 Å². The second-order valence-electron chi connectivity index (χ2n) is 10.7. The normalized spacial score (nSPS) is 14.5. The molecule has 1 atom stereocenters. The van der Waals surface area contributed by atoms with E-state index in [9.17, 15) is 14.4 Å². The zero-order chi connectivity index (χ0) is 30.9. The maximum Gasteiger partial charge on any atom is 0.345 e. The molecular weight excluding hydrogens is 572 g/mol. The average molecular weight is 599 g/mol. The van der Waals surface area contributed by atoms with Gasteiger partial charge >= 0.3 is 11.3 Å². The molecular formula is C36H26N2O7. The molecule has 1 aliphatic heterocycles. The SMILES string of the molecule is Cc1cc(=O)oc2cc(OCC(=O)N3N=C(c4cc5ccccc5oc4=O)CC3c3cccc(Oc4ccccc4)c3)ccc12. The number of carbonyl (C=O) groups is 1. The molecule has 0 saturated carbocycles. The summed E-state index contributed by atoms with van der Waals surface area (Å²) in [5.41, 5.74) is 2.08. The Morgan fingerprint density at radius 1 is 0.822 bits per heavy atom. The summed E-state index contributed by atoms with van der Waals surface area (Å²) in [6, 6.07) is 31.7. The number of para-hydroxylation sites is 2. The number of benzene rings is 4. The lowest BCUT2D eigenvalue weighted by molar-refractivity contribution is -0.135. The highest BCUT2D eigenvalue weighted by atomic mass is 16.5. The third kappa shape index (κ3) is 5.71. The molecule has 2 aromatic heterocycles. The third-order valence-corrected chi connectivity index (χ3v) is 7.63. The van der Waals surface area contributed by atoms with Crippen molar-refractivity contribution in [1.82, 2.24) is 5.01 Å². The smallest absolute Gasteiger partial charge is 0.345 e. The second kappa shape index (κ2) is 11.6. The molecule has 7 rings (SSSR count). The summed E-state index contributed by atoms with van der Waals surface area (Å²) in [6.45, 7) is 1.48. The molecule has 9 heteroatoms. The molecule has 222 valence electrons. The molecule has 0 spiro atoms. The van der Waals surface area contributed by atoms with Crippen LogP contribution in [0.15, 0.2) is 133 Å². The molecule has 0 aliphatic carbocycles. The number of carbonyl (C=O) groups excluding carboxylic acids is 1. The van der Waals surface area contributed by atoms with Crippen LogP contribution in [0.4, 0.5) is 0 Å². The van der Waals surface area contributed by atoms with E-state index >= 15 is 0 Å². The van der Waals surface area contributed by atoms with Crippen LogP contribution in [-0.4, -0.2) is 23.2 Å². The van der Waals surface area contributed by atoms with Gasteiger partial charge in [-0.3, -0.25) is 4.79 Å². The minimum atomic E-state index is -0.543. The van der Waals surface area contributed by atoms with Crippen molar-refractivity contribution in [3.05, 3.63) is 147 Å². The summed E-state index contributed by atoms with van der Waals surface area (Å²) in [4.78, 5) is 38.6. The van der Waals surface area contributed by atoms with Gasteiger partial charge in [0.15, 0.2) is 6.61 Å². The zero-order valence-corrected chi connectivity index (χ0v) is 24.1. The second-order valence-corrected chi connectivity index (χ2v) is 10.7. The summed E-state index contributed by atoms with van der Waals surface area (Å²) in [7, 11) is 0. The molecule has 6 aromatic rings. The van der Waals surface area contributed by atoms with E-state index < -0.39 is 23.2 Å². The van der Waals surface area contributed by atoms with Crippen molar-refractivity contribution in [1.29, 1.82) is 0 Å². The van der Waals surface area contributed by atoms with Crippen molar-refractivity contribution in [2.24, 2.45) is 5.10 Å². The lowest BCUT2D eigenvalue weighted by Crippen LogP contribution is -2.31. The minimum absolute atomic E-state index is 0.268. The van der Waals surface area contributed by atoms with E-state index in [1.54, 1.807) is 36.4 Å².